The fraction of sp³-hybridized carbons (Fsp3) is 0.500. The van der Waals surface area contributed by atoms with E-state index in [9.17, 15) is 5.11 Å². The average Bonchev–Trinajstić information content (AvgIpc) is 2.18. The number of benzene rings is 1. The summed E-state index contributed by atoms with van der Waals surface area (Å²) < 4.78 is 0. The van der Waals surface area contributed by atoms with Gasteiger partial charge < -0.3 is 15.5 Å². The Morgan fingerprint density at radius 1 is 1.33 bits per heavy atom. The Bertz CT molecular complexity index is 310. The van der Waals surface area contributed by atoms with Crippen molar-refractivity contribution in [3.63, 3.8) is 0 Å². The Balaban J connectivity index is 2.38. The molecule has 1 aromatic rings. The van der Waals surface area contributed by atoms with Crippen LogP contribution in [0.15, 0.2) is 24.3 Å². The Morgan fingerprint density at radius 3 is 2.67 bits per heavy atom. The molecule has 0 aliphatic rings. The fourth-order valence-electron chi connectivity index (χ4n) is 1.27. The van der Waals surface area contributed by atoms with Crippen LogP contribution < -0.4 is 5.32 Å². The van der Waals surface area contributed by atoms with Crippen LogP contribution in [-0.4, -0.2) is 23.4 Å². The van der Waals surface area contributed by atoms with Crippen LogP contribution in [0.3, 0.4) is 0 Å². The van der Waals surface area contributed by atoms with E-state index in [4.69, 9.17) is 5.11 Å². The summed E-state index contributed by atoms with van der Waals surface area (Å²) in [7, 11) is 0. The molecule has 0 radical (unpaired) electrons. The van der Waals surface area contributed by atoms with Crippen molar-refractivity contribution in [3.8, 4) is 5.75 Å². The van der Waals surface area contributed by atoms with Crippen molar-refractivity contribution < 1.29 is 10.2 Å². The number of hydrogen-bond donors (Lipinski definition) is 3. The zero-order chi connectivity index (χ0) is 11.3. The highest BCUT2D eigenvalue weighted by Gasteiger charge is 2.15. The van der Waals surface area contributed by atoms with Crippen molar-refractivity contribution in [2.24, 2.45) is 5.41 Å². The van der Waals surface area contributed by atoms with Gasteiger partial charge in [0.05, 0.1) is 0 Å². The van der Waals surface area contributed by atoms with Gasteiger partial charge in [0, 0.05) is 25.1 Å². The summed E-state index contributed by atoms with van der Waals surface area (Å²) >= 11 is 0. The summed E-state index contributed by atoms with van der Waals surface area (Å²) in [5.41, 5.74) is 0.945. The van der Waals surface area contributed by atoms with Crippen LogP contribution in [0.2, 0.25) is 0 Å². The van der Waals surface area contributed by atoms with Gasteiger partial charge in [-0.1, -0.05) is 26.0 Å². The Hall–Kier alpha value is -1.06. The number of aliphatic hydroxyl groups is 1. The number of aliphatic hydroxyl groups excluding tert-OH is 1. The van der Waals surface area contributed by atoms with Gasteiger partial charge in [0.15, 0.2) is 0 Å². The van der Waals surface area contributed by atoms with Crippen molar-refractivity contribution in [2.75, 3.05) is 13.2 Å². The van der Waals surface area contributed by atoms with Gasteiger partial charge in [-0.2, -0.15) is 0 Å². The second-order valence-electron chi connectivity index (χ2n) is 4.60. The molecule has 0 aromatic heterocycles. The van der Waals surface area contributed by atoms with Crippen LogP contribution in [0.4, 0.5) is 0 Å². The smallest absolute Gasteiger partial charge is 0.115 e. The molecule has 0 aliphatic heterocycles. The third-order valence-corrected chi connectivity index (χ3v) is 2.27. The van der Waals surface area contributed by atoms with Gasteiger partial charge in [0.25, 0.3) is 0 Å². The van der Waals surface area contributed by atoms with Crippen LogP contribution in [0, 0.1) is 5.41 Å². The standard InChI is InChI=1S/C12H19NO2/c1-12(2,9-14)8-13-7-10-4-3-5-11(15)6-10/h3-6,13-15H,7-9H2,1-2H3. The molecule has 0 amide bonds. The van der Waals surface area contributed by atoms with Gasteiger partial charge in [-0.05, 0) is 17.7 Å². The van der Waals surface area contributed by atoms with E-state index in [1.807, 2.05) is 26.0 Å². The maximum atomic E-state index is 9.25. The van der Waals surface area contributed by atoms with E-state index in [0.29, 0.717) is 6.54 Å². The highest BCUT2D eigenvalue weighted by molar-refractivity contribution is 5.26. The first kappa shape index (κ1) is 12.0. The highest BCUT2D eigenvalue weighted by Crippen LogP contribution is 2.13. The van der Waals surface area contributed by atoms with Gasteiger partial charge in [-0.15, -0.1) is 0 Å². The molecule has 0 saturated heterocycles. The van der Waals surface area contributed by atoms with Crippen LogP contribution in [0.25, 0.3) is 0 Å². The summed E-state index contributed by atoms with van der Waals surface area (Å²) in [5.74, 6) is 0.288. The summed E-state index contributed by atoms with van der Waals surface area (Å²) in [6, 6.07) is 7.17. The molecule has 3 heteroatoms. The third kappa shape index (κ3) is 4.32. The SMILES string of the molecule is CC(C)(CO)CNCc1cccc(O)c1. The van der Waals surface area contributed by atoms with E-state index < -0.39 is 0 Å². The van der Waals surface area contributed by atoms with E-state index in [0.717, 1.165) is 12.1 Å². The zero-order valence-corrected chi connectivity index (χ0v) is 9.33. The highest BCUT2D eigenvalue weighted by atomic mass is 16.3. The second kappa shape index (κ2) is 5.14. The molecular weight excluding hydrogens is 190 g/mol. The molecule has 0 saturated carbocycles. The molecule has 0 spiro atoms. The molecule has 84 valence electrons. The van der Waals surface area contributed by atoms with Gasteiger partial charge in [0.1, 0.15) is 5.75 Å². The minimum atomic E-state index is -0.100. The van der Waals surface area contributed by atoms with Crippen LogP contribution in [0.1, 0.15) is 19.4 Å². The lowest BCUT2D eigenvalue weighted by Gasteiger charge is -2.21. The fourth-order valence-corrected chi connectivity index (χ4v) is 1.27. The maximum absolute atomic E-state index is 9.25. The van der Waals surface area contributed by atoms with Gasteiger partial charge >= 0.3 is 0 Å². The van der Waals surface area contributed by atoms with Crippen molar-refractivity contribution in [2.45, 2.75) is 20.4 Å². The summed E-state index contributed by atoms with van der Waals surface area (Å²) in [6.45, 7) is 5.63. The van der Waals surface area contributed by atoms with E-state index >= 15 is 0 Å². The van der Waals surface area contributed by atoms with Crippen LogP contribution >= 0.6 is 0 Å². The lowest BCUT2D eigenvalue weighted by atomic mass is 9.95. The van der Waals surface area contributed by atoms with Gasteiger partial charge in [-0.25, -0.2) is 0 Å². The van der Waals surface area contributed by atoms with Crippen molar-refractivity contribution >= 4 is 0 Å². The Labute approximate surface area is 90.8 Å². The monoisotopic (exact) mass is 209 g/mol. The van der Waals surface area contributed by atoms with E-state index in [1.54, 1.807) is 12.1 Å². The molecule has 0 unspecified atom stereocenters. The van der Waals surface area contributed by atoms with Gasteiger partial charge in [0.2, 0.25) is 0 Å². The predicted octanol–water partition coefficient (Wildman–Crippen LogP) is 1.50. The van der Waals surface area contributed by atoms with Crippen LogP contribution in [0.5, 0.6) is 5.75 Å². The number of aromatic hydroxyl groups is 1. The molecule has 1 rings (SSSR count). The number of rotatable bonds is 5. The minimum Gasteiger partial charge on any atom is -0.508 e. The summed E-state index contributed by atoms with van der Waals surface area (Å²) in [4.78, 5) is 0. The second-order valence-corrected chi connectivity index (χ2v) is 4.60. The van der Waals surface area contributed by atoms with E-state index in [1.165, 1.54) is 0 Å². The molecule has 1 aromatic carbocycles. The number of hydrogen-bond acceptors (Lipinski definition) is 3. The molecule has 0 heterocycles. The molecule has 0 aliphatic carbocycles. The largest absolute Gasteiger partial charge is 0.508 e. The zero-order valence-electron chi connectivity index (χ0n) is 9.33. The van der Waals surface area contributed by atoms with Crippen molar-refractivity contribution in [3.05, 3.63) is 29.8 Å². The quantitative estimate of drug-likeness (QED) is 0.689. The first-order valence-corrected chi connectivity index (χ1v) is 5.13. The number of phenols is 1. The van der Waals surface area contributed by atoms with Gasteiger partial charge in [-0.3, -0.25) is 0 Å². The van der Waals surface area contributed by atoms with Crippen molar-refractivity contribution in [1.82, 2.24) is 5.32 Å². The third-order valence-electron chi connectivity index (χ3n) is 2.27. The molecule has 0 atom stereocenters. The molecule has 3 nitrogen and oxygen atoms in total. The lowest BCUT2D eigenvalue weighted by molar-refractivity contribution is 0.156. The molecule has 0 fully saturated rings. The maximum Gasteiger partial charge on any atom is 0.115 e. The number of nitrogens with one attached hydrogen (secondary N) is 1. The van der Waals surface area contributed by atoms with E-state index in [-0.39, 0.29) is 17.8 Å². The Morgan fingerprint density at radius 2 is 2.07 bits per heavy atom. The molecule has 0 bridgehead atoms. The average molecular weight is 209 g/mol. The first-order chi connectivity index (χ1) is 7.03. The number of phenolic OH excluding ortho intramolecular Hbond substituents is 1. The molecule has 15 heavy (non-hydrogen) atoms. The first-order valence-electron chi connectivity index (χ1n) is 5.13. The summed E-state index contributed by atoms with van der Waals surface area (Å²) in [6.07, 6.45) is 0. The van der Waals surface area contributed by atoms with E-state index in [2.05, 4.69) is 5.32 Å². The normalized spacial score (nSPS) is 11.7. The lowest BCUT2D eigenvalue weighted by Crippen LogP contribution is -2.31. The van der Waals surface area contributed by atoms with Crippen molar-refractivity contribution in [1.29, 1.82) is 0 Å². The van der Waals surface area contributed by atoms with Crippen LogP contribution in [-0.2, 0) is 6.54 Å². The minimum absolute atomic E-state index is 0.100. The predicted molar refractivity (Wildman–Crippen MR) is 60.7 cm³/mol. The Kier molecular flexibility index (Phi) is 4.12. The topological polar surface area (TPSA) is 52.5 Å². The molecule has 3 N–H and O–H groups in total. The molecular formula is C12H19NO2. The summed E-state index contributed by atoms with van der Waals surface area (Å²) in [5, 5.41) is 21.6.